The van der Waals surface area contributed by atoms with Crippen LogP contribution in [0.1, 0.15) is 72.4 Å². The minimum Gasteiger partial charge on any atom is -0.398 e. The standard InChI is InChI=1S/C16H27BN2O3/c1-11(2)14-18-12(10-19(14)13-8-7-9-20-13)17-21-15(3,4)16(5,6)22-17/h10-11,13H,7-9H2,1-6H3. The van der Waals surface area contributed by atoms with Crippen LogP contribution in [0.2, 0.25) is 0 Å². The van der Waals surface area contributed by atoms with E-state index >= 15 is 0 Å². The molecule has 1 aromatic rings. The van der Waals surface area contributed by atoms with Gasteiger partial charge in [0.25, 0.3) is 0 Å². The molecule has 0 aliphatic carbocycles. The molecule has 5 nitrogen and oxygen atoms in total. The second kappa shape index (κ2) is 5.36. The van der Waals surface area contributed by atoms with E-state index in [1.807, 2.05) is 6.20 Å². The quantitative estimate of drug-likeness (QED) is 0.805. The molecule has 0 aromatic carbocycles. The van der Waals surface area contributed by atoms with Crippen molar-refractivity contribution in [3.8, 4) is 0 Å². The molecule has 2 saturated heterocycles. The van der Waals surface area contributed by atoms with Gasteiger partial charge in [-0.3, -0.25) is 0 Å². The van der Waals surface area contributed by atoms with Gasteiger partial charge in [0, 0.05) is 18.7 Å². The summed E-state index contributed by atoms with van der Waals surface area (Å²) in [5.74, 6) is 1.37. The third-order valence-corrected chi connectivity index (χ3v) is 5.01. The minimum atomic E-state index is -0.412. The molecule has 0 spiro atoms. The van der Waals surface area contributed by atoms with Gasteiger partial charge >= 0.3 is 7.12 Å². The van der Waals surface area contributed by atoms with Gasteiger partial charge in [-0.2, -0.15) is 0 Å². The molecule has 0 radical (unpaired) electrons. The van der Waals surface area contributed by atoms with Gasteiger partial charge in [-0.25, -0.2) is 4.98 Å². The summed E-state index contributed by atoms with van der Waals surface area (Å²) >= 11 is 0. The lowest BCUT2D eigenvalue weighted by Crippen LogP contribution is -2.41. The van der Waals surface area contributed by atoms with Gasteiger partial charge in [-0.15, -0.1) is 0 Å². The first kappa shape index (κ1) is 16.0. The second-order valence-corrected chi connectivity index (χ2v) is 7.64. The Hall–Kier alpha value is -0.845. The predicted octanol–water partition coefficient (Wildman–Crippen LogP) is 2.61. The van der Waals surface area contributed by atoms with Crippen molar-refractivity contribution >= 4 is 12.7 Å². The van der Waals surface area contributed by atoms with E-state index in [0.29, 0.717) is 5.92 Å². The number of aromatic nitrogens is 2. The van der Waals surface area contributed by atoms with E-state index in [0.717, 1.165) is 30.9 Å². The molecule has 3 heterocycles. The van der Waals surface area contributed by atoms with Crippen LogP contribution < -0.4 is 5.59 Å². The average Bonchev–Trinajstić information content (AvgIpc) is 3.09. The number of hydrogen-bond donors (Lipinski definition) is 0. The number of nitrogens with zero attached hydrogens (tertiary/aromatic N) is 2. The molecule has 1 atom stereocenters. The zero-order chi connectivity index (χ0) is 16.1. The Morgan fingerprint density at radius 2 is 1.86 bits per heavy atom. The van der Waals surface area contributed by atoms with Gasteiger partial charge in [0.05, 0.1) is 16.8 Å². The maximum Gasteiger partial charge on any atom is 0.516 e. The number of hydrogen-bond acceptors (Lipinski definition) is 4. The van der Waals surface area contributed by atoms with Gasteiger partial charge < -0.3 is 18.6 Å². The predicted molar refractivity (Wildman–Crippen MR) is 86.3 cm³/mol. The van der Waals surface area contributed by atoms with Crippen LogP contribution in [-0.2, 0) is 14.0 Å². The van der Waals surface area contributed by atoms with Crippen LogP contribution in [0.25, 0.3) is 0 Å². The Balaban J connectivity index is 1.91. The molecular weight excluding hydrogens is 279 g/mol. The van der Waals surface area contributed by atoms with Crippen molar-refractivity contribution in [2.75, 3.05) is 6.61 Å². The molecule has 22 heavy (non-hydrogen) atoms. The lowest BCUT2D eigenvalue weighted by Gasteiger charge is -2.32. The number of imidazole rings is 1. The first-order valence-electron chi connectivity index (χ1n) is 8.27. The molecule has 122 valence electrons. The highest BCUT2D eigenvalue weighted by Gasteiger charge is 2.52. The first-order valence-corrected chi connectivity index (χ1v) is 8.27. The topological polar surface area (TPSA) is 45.5 Å². The summed E-state index contributed by atoms with van der Waals surface area (Å²) in [5.41, 5.74) is 0.157. The van der Waals surface area contributed by atoms with Crippen LogP contribution in [0.5, 0.6) is 0 Å². The van der Waals surface area contributed by atoms with Crippen LogP contribution in [-0.4, -0.2) is 34.5 Å². The molecular formula is C16H27BN2O3. The summed E-state index contributed by atoms with van der Waals surface area (Å²) < 4.78 is 20.2. The molecule has 2 fully saturated rings. The normalized spacial score (nSPS) is 27.0. The fourth-order valence-electron chi connectivity index (χ4n) is 2.94. The van der Waals surface area contributed by atoms with Crippen molar-refractivity contribution < 1.29 is 14.0 Å². The largest absolute Gasteiger partial charge is 0.516 e. The van der Waals surface area contributed by atoms with E-state index in [1.165, 1.54) is 0 Å². The van der Waals surface area contributed by atoms with E-state index in [-0.39, 0.29) is 17.4 Å². The third kappa shape index (κ3) is 2.61. The van der Waals surface area contributed by atoms with Gasteiger partial charge in [0.2, 0.25) is 0 Å². The number of ether oxygens (including phenoxy) is 1. The summed E-state index contributed by atoms with van der Waals surface area (Å²) in [7, 11) is -0.412. The van der Waals surface area contributed by atoms with Crippen LogP contribution in [0.3, 0.4) is 0 Å². The minimum absolute atomic E-state index is 0.0982. The SMILES string of the molecule is CC(C)c1nc(B2OC(C)(C)C(C)(C)O2)cn1C1CCCO1. The first-order chi connectivity index (χ1) is 10.2. The summed E-state index contributed by atoms with van der Waals surface area (Å²) in [6, 6.07) is 0. The lowest BCUT2D eigenvalue weighted by atomic mass is 9.86. The van der Waals surface area contributed by atoms with Gasteiger partial charge in [-0.05, 0) is 40.5 Å². The second-order valence-electron chi connectivity index (χ2n) is 7.64. The highest BCUT2D eigenvalue weighted by atomic mass is 16.7. The van der Waals surface area contributed by atoms with Crippen molar-refractivity contribution in [3.63, 3.8) is 0 Å². The Morgan fingerprint density at radius 3 is 2.36 bits per heavy atom. The van der Waals surface area contributed by atoms with E-state index in [2.05, 4.69) is 46.1 Å². The van der Waals surface area contributed by atoms with Crippen molar-refractivity contribution in [3.05, 3.63) is 12.0 Å². The summed E-state index contributed by atoms with van der Waals surface area (Å²) in [5, 5.41) is 0. The molecule has 1 unspecified atom stereocenters. The van der Waals surface area contributed by atoms with Crippen LogP contribution in [0.15, 0.2) is 6.20 Å². The molecule has 0 amide bonds. The molecule has 0 saturated carbocycles. The third-order valence-electron chi connectivity index (χ3n) is 5.01. The molecule has 3 rings (SSSR count). The van der Waals surface area contributed by atoms with Gasteiger partial charge in [0.15, 0.2) is 0 Å². The lowest BCUT2D eigenvalue weighted by molar-refractivity contribution is 0.00578. The summed E-state index contributed by atoms with van der Waals surface area (Å²) in [6.07, 6.45) is 4.29. The molecule has 2 aliphatic heterocycles. The molecule has 0 N–H and O–H groups in total. The summed E-state index contributed by atoms with van der Waals surface area (Å²) in [6.45, 7) is 13.4. The Morgan fingerprint density at radius 1 is 1.23 bits per heavy atom. The molecule has 1 aromatic heterocycles. The zero-order valence-electron chi connectivity index (χ0n) is 14.5. The highest BCUT2D eigenvalue weighted by Crippen LogP contribution is 2.36. The average molecular weight is 306 g/mol. The fraction of sp³-hybridized carbons (Fsp3) is 0.812. The monoisotopic (exact) mass is 306 g/mol. The van der Waals surface area contributed by atoms with Crippen LogP contribution >= 0.6 is 0 Å². The molecule has 6 heteroatoms. The van der Waals surface area contributed by atoms with E-state index < -0.39 is 7.12 Å². The molecule has 0 bridgehead atoms. The van der Waals surface area contributed by atoms with Gasteiger partial charge in [0.1, 0.15) is 12.1 Å². The van der Waals surface area contributed by atoms with Crippen molar-refractivity contribution in [1.29, 1.82) is 0 Å². The van der Waals surface area contributed by atoms with Gasteiger partial charge in [-0.1, -0.05) is 13.8 Å². The van der Waals surface area contributed by atoms with Crippen molar-refractivity contribution in [2.45, 2.75) is 77.7 Å². The zero-order valence-corrected chi connectivity index (χ0v) is 14.5. The summed E-state index contributed by atoms with van der Waals surface area (Å²) in [4.78, 5) is 4.80. The van der Waals surface area contributed by atoms with Crippen molar-refractivity contribution in [1.82, 2.24) is 9.55 Å². The van der Waals surface area contributed by atoms with E-state index in [1.54, 1.807) is 0 Å². The maximum atomic E-state index is 6.12. The van der Waals surface area contributed by atoms with Crippen LogP contribution in [0, 0.1) is 0 Å². The highest BCUT2D eigenvalue weighted by molar-refractivity contribution is 6.61. The fourth-order valence-corrected chi connectivity index (χ4v) is 2.94. The number of rotatable bonds is 3. The smallest absolute Gasteiger partial charge is 0.398 e. The van der Waals surface area contributed by atoms with E-state index in [4.69, 9.17) is 19.0 Å². The van der Waals surface area contributed by atoms with Crippen molar-refractivity contribution in [2.24, 2.45) is 0 Å². The Kier molecular flexibility index (Phi) is 3.90. The van der Waals surface area contributed by atoms with Crippen LogP contribution in [0.4, 0.5) is 0 Å². The van der Waals surface area contributed by atoms with E-state index in [9.17, 15) is 0 Å². The Bertz CT molecular complexity index is 532. The Labute approximate surface area is 133 Å². The molecule has 2 aliphatic rings. The maximum absolute atomic E-state index is 6.12.